The van der Waals surface area contributed by atoms with E-state index in [9.17, 15) is 4.39 Å². The molecule has 4 aromatic rings. The molecule has 36 heavy (non-hydrogen) atoms. The van der Waals surface area contributed by atoms with Gasteiger partial charge in [0.1, 0.15) is 11.2 Å². The fraction of sp³-hybridized carbons (Fsp3) is 0.429. The number of rotatable bonds is 8. The Labute approximate surface area is 212 Å². The maximum Gasteiger partial charge on any atom is 0.200 e. The molecular weight excluding hydrogens is 453 g/mol. The first-order valence-corrected chi connectivity index (χ1v) is 13.1. The number of halogens is 1. The third-order valence-electron chi connectivity index (χ3n) is 6.42. The Morgan fingerprint density at radius 2 is 1.86 bits per heavy atom. The summed E-state index contributed by atoms with van der Waals surface area (Å²) < 4.78 is 15.8. The zero-order valence-electron chi connectivity index (χ0n) is 21.3. The van der Waals surface area contributed by atoms with Gasteiger partial charge < -0.3 is 10.2 Å². The van der Waals surface area contributed by atoms with Gasteiger partial charge in [-0.25, -0.2) is 13.9 Å². The number of pyridine rings is 2. The number of hydrogen-bond acceptors (Lipinski definition) is 6. The predicted octanol–water partition coefficient (Wildman–Crippen LogP) is 6.29. The number of aromatic nitrogens is 5. The van der Waals surface area contributed by atoms with Crippen LogP contribution in [0, 0.1) is 5.82 Å². The highest BCUT2D eigenvalue weighted by molar-refractivity contribution is 5.78. The van der Waals surface area contributed by atoms with Crippen molar-refractivity contribution >= 4 is 17.0 Å². The summed E-state index contributed by atoms with van der Waals surface area (Å²) in [4.78, 5) is 15.3. The van der Waals surface area contributed by atoms with Crippen molar-refractivity contribution < 1.29 is 4.39 Å². The molecule has 1 fully saturated rings. The lowest BCUT2D eigenvalue weighted by Crippen LogP contribution is -2.30. The molecule has 5 heterocycles. The summed E-state index contributed by atoms with van der Waals surface area (Å²) in [6, 6.07) is 9.10. The summed E-state index contributed by atoms with van der Waals surface area (Å²) in [7, 11) is 0. The standard InChI is InChI=1S/C18H15FN6.C10H21N/c1-2-12-7-10-25-16(12)18(22-14-6-9-20-11-13(14)19)23-17(24-25)15-5-3-4-8-21-15;1-2-3-5-8-11-9-6-4-7-10-11/h3-11H,2H2,1H3,(H,20,22,23,24);2-10H2,1H3. The van der Waals surface area contributed by atoms with Crippen LogP contribution >= 0.6 is 0 Å². The molecule has 1 aliphatic rings. The second-order valence-electron chi connectivity index (χ2n) is 9.08. The van der Waals surface area contributed by atoms with Crippen LogP contribution in [-0.4, -0.2) is 49.1 Å². The molecule has 1 aliphatic heterocycles. The van der Waals surface area contributed by atoms with Gasteiger partial charge in [0.2, 0.25) is 5.82 Å². The molecule has 0 atom stereocenters. The van der Waals surface area contributed by atoms with E-state index in [0.717, 1.165) is 17.5 Å². The molecule has 0 radical (unpaired) electrons. The first-order valence-electron chi connectivity index (χ1n) is 13.1. The molecule has 0 saturated carbocycles. The van der Waals surface area contributed by atoms with Crippen LogP contribution in [0.1, 0.15) is 57.9 Å². The number of aryl methyl sites for hydroxylation is 1. The molecule has 190 valence electrons. The van der Waals surface area contributed by atoms with Crippen LogP contribution in [0.5, 0.6) is 0 Å². The van der Waals surface area contributed by atoms with E-state index in [4.69, 9.17) is 0 Å². The van der Waals surface area contributed by atoms with Crippen molar-refractivity contribution in [2.75, 3.05) is 25.0 Å². The third kappa shape index (κ3) is 6.63. The summed E-state index contributed by atoms with van der Waals surface area (Å²) >= 11 is 0. The number of likely N-dealkylation sites (tertiary alicyclic amines) is 1. The normalized spacial score (nSPS) is 13.9. The second-order valence-corrected chi connectivity index (χ2v) is 9.08. The van der Waals surface area contributed by atoms with E-state index in [1.165, 1.54) is 70.6 Å². The lowest BCUT2D eigenvalue weighted by atomic mass is 10.1. The van der Waals surface area contributed by atoms with Gasteiger partial charge in [-0.05, 0) is 75.1 Å². The summed E-state index contributed by atoms with van der Waals surface area (Å²) in [5.41, 5.74) is 2.85. The van der Waals surface area contributed by atoms with Crippen LogP contribution in [0.3, 0.4) is 0 Å². The maximum atomic E-state index is 14.0. The molecule has 5 rings (SSSR count). The maximum absolute atomic E-state index is 14.0. The molecule has 0 spiro atoms. The summed E-state index contributed by atoms with van der Waals surface area (Å²) in [6.07, 6.45) is 15.6. The van der Waals surface area contributed by atoms with E-state index in [1.54, 1.807) is 16.8 Å². The van der Waals surface area contributed by atoms with Crippen molar-refractivity contribution in [2.45, 2.75) is 58.8 Å². The lowest BCUT2D eigenvalue weighted by Gasteiger charge is -2.26. The van der Waals surface area contributed by atoms with Gasteiger partial charge in [0.05, 0.1) is 11.9 Å². The minimum atomic E-state index is -0.441. The first-order chi connectivity index (χ1) is 17.7. The number of anilines is 2. The molecule has 4 aromatic heterocycles. The Morgan fingerprint density at radius 3 is 2.58 bits per heavy atom. The van der Waals surface area contributed by atoms with Gasteiger partial charge >= 0.3 is 0 Å². The summed E-state index contributed by atoms with van der Waals surface area (Å²) in [5, 5.41) is 7.61. The van der Waals surface area contributed by atoms with E-state index in [2.05, 4.69) is 44.1 Å². The topological polar surface area (TPSA) is 71.2 Å². The van der Waals surface area contributed by atoms with Gasteiger partial charge in [-0.2, -0.15) is 0 Å². The van der Waals surface area contributed by atoms with Crippen molar-refractivity contribution in [2.24, 2.45) is 0 Å². The molecule has 0 aromatic carbocycles. The van der Waals surface area contributed by atoms with Gasteiger partial charge in [0.15, 0.2) is 11.6 Å². The van der Waals surface area contributed by atoms with Crippen LogP contribution in [0.15, 0.2) is 55.1 Å². The summed E-state index contributed by atoms with van der Waals surface area (Å²) in [5.74, 6) is 0.550. The monoisotopic (exact) mass is 489 g/mol. The van der Waals surface area contributed by atoms with Gasteiger partial charge in [0.25, 0.3) is 0 Å². The molecule has 8 heteroatoms. The van der Waals surface area contributed by atoms with E-state index in [0.29, 0.717) is 23.0 Å². The third-order valence-corrected chi connectivity index (χ3v) is 6.42. The Morgan fingerprint density at radius 1 is 1.00 bits per heavy atom. The number of unbranched alkanes of at least 4 members (excludes halogenated alkanes) is 2. The van der Waals surface area contributed by atoms with Crippen LogP contribution in [0.25, 0.3) is 17.0 Å². The van der Waals surface area contributed by atoms with Gasteiger partial charge in [-0.3, -0.25) is 9.97 Å². The highest BCUT2D eigenvalue weighted by Crippen LogP contribution is 2.27. The van der Waals surface area contributed by atoms with E-state index < -0.39 is 5.82 Å². The molecule has 1 N–H and O–H groups in total. The zero-order chi connectivity index (χ0) is 25.2. The number of nitrogens with zero attached hydrogens (tertiary/aromatic N) is 6. The Balaban J connectivity index is 0.000000233. The molecule has 7 nitrogen and oxygen atoms in total. The van der Waals surface area contributed by atoms with E-state index >= 15 is 0 Å². The van der Waals surface area contributed by atoms with Crippen LogP contribution in [0.2, 0.25) is 0 Å². The highest BCUT2D eigenvalue weighted by atomic mass is 19.1. The average Bonchev–Trinajstić information content (AvgIpc) is 3.35. The number of piperidine rings is 1. The molecule has 0 bridgehead atoms. The Kier molecular flexibility index (Phi) is 9.33. The van der Waals surface area contributed by atoms with E-state index in [1.807, 2.05) is 30.5 Å². The van der Waals surface area contributed by atoms with Crippen molar-refractivity contribution in [1.82, 2.24) is 29.5 Å². The zero-order valence-corrected chi connectivity index (χ0v) is 21.3. The van der Waals surface area contributed by atoms with E-state index in [-0.39, 0.29) is 0 Å². The fourth-order valence-electron chi connectivity index (χ4n) is 4.44. The van der Waals surface area contributed by atoms with Crippen molar-refractivity contribution in [3.8, 4) is 11.5 Å². The summed E-state index contributed by atoms with van der Waals surface area (Å²) in [6.45, 7) is 8.41. The fourth-order valence-corrected chi connectivity index (χ4v) is 4.44. The predicted molar refractivity (Wildman–Crippen MR) is 143 cm³/mol. The van der Waals surface area contributed by atoms with Crippen molar-refractivity contribution in [3.63, 3.8) is 0 Å². The molecule has 0 unspecified atom stereocenters. The van der Waals surface area contributed by atoms with Crippen LogP contribution in [-0.2, 0) is 6.42 Å². The molecular formula is C28H36FN7. The lowest BCUT2D eigenvalue weighted by molar-refractivity contribution is 0.224. The second kappa shape index (κ2) is 13.1. The largest absolute Gasteiger partial charge is 0.336 e. The number of hydrogen-bond donors (Lipinski definition) is 1. The number of fused-ring (bicyclic) bond motifs is 1. The minimum absolute atomic E-state index is 0.311. The van der Waals surface area contributed by atoms with Crippen molar-refractivity contribution in [3.05, 3.63) is 66.5 Å². The smallest absolute Gasteiger partial charge is 0.200 e. The number of nitrogens with one attached hydrogen (secondary N) is 1. The average molecular weight is 490 g/mol. The van der Waals surface area contributed by atoms with Crippen LogP contribution < -0.4 is 5.32 Å². The molecule has 1 saturated heterocycles. The minimum Gasteiger partial charge on any atom is -0.336 e. The van der Waals surface area contributed by atoms with Gasteiger partial charge in [0, 0.05) is 18.6 Å². The van der Waals surface area contributed by atoms with Gasteiger partial charge in [-0.15, -0.1) is 5.10 Å². The SMILES string of the molecule is CCCCCN1CCCCC1.CCc1ccn2nc(-c3ccccn3)nc(Nc3ccncc3F)c12. The first kappa shape index (κ1) is 25.7. The van der Waals surface area contributed by atoms with Gasteiger partial charge in [-0.1, -0.05) is 39.2 Å². The highest BCUT2D eigenvalue weighted by Gasteiger charge is 2.15. The quantitative estimate of drug-likeness (QED) is 0.293. The van der Waals surface area contributed by atoms with Crippen LogP contribution in [0.4, 0.5) is 15.9 Å². The molecule has 0 amide bonds. The Hall–Kier alpha value is -3.39. The Bertz CT molecular complexity index is 1220. The van der Waals surface area contributed by atoms with Crippen molar-refractivity contribution in [1.29, 1.82) is 0 Å². The molecule has 0 aliphatic carbocycles.